The van der Waals surface area contributed by atoms with Crippen LogP contribution in [0.3, 0.4) is 0 Å². The van der Waals surface area contributed by atoms with Gasteiger partial charge in [-0.15, -0.1) is 0 Å². The molecule has 2 aromatic carbocycles. The molecule has 8 nitrogen and oxygen atoms in total. The molecular formula is C22H19N5O3. The lowest BCUT2D eigenvalue weighted by atomic mass is 10.1. The number of amides is 3. The van der Waals surface area contributed by atoms with Crippen LogP contribution >= 0.6 is 0 Å². The van der Waals surface area contributed by atoms with Crippen LogP contribution in [-0.2, 0) is 11.2 Å². The zero-order valence-electron chi connectivity index (χ0n) is 16.5. The molecular weight excluding hydrogens is 382 g/mol. The van der Waals surface area contributed by atoms with E-state index in [2.05, 4.69) is 15.3 Å². The van der Waals surface area contributed by atoms with Crippen molar-refractivity contribution in [3.8, 4) is 11.4 Å². The minimum Gasteiger partial charge on any atom is -0.364 e. The number of nitrogens with zero attached hydrogens (tertiary/aromatic N) is 3. The number of aryl methyl sites for hydroxylation is 1. The first-order chi connectivity index (χ1) is 14.4. The van der Waals surface area contributed by atoms with Crippen LogP contribution in [0.4, 0.5) is 11.5 Å². The summed E-state index contributed by atoms with van der Waals surface area (Å²) in [6, 6.07) is 14.1. The van der Waals surface area contributed by atoms with E-state index in [4.69, 9.17) is 5.73 Å². The fraction of sp³-hybridized carbons (Fsp3) is 0.136. The molecule has 150 valence electrons. The summed E-state index contributed by atoms with van der Waals surface area (Å²) in [6.07, 6.45) is -0.0496. The SMILES string of the molecule is CNC(=O)c1cccc(N2C(=O)Cc3c(C(N)=O)nc(-c4ccc(C)cc4)nc32)c1. The molecule has 1 aromatic heterocycles. The highest BCUT2D eigenvalue weighted by atomic mass is 16.2. The molecule has 3 aromatic rings. The second kappa shape index (κ2) is 7.40. The average molecular weight is 401 g/mol. The predicted octanol–water partition coefficient (Wildman–Crippen LogP) is 2.13. The van der Waals surface area contributed by atoms with E-state index in [1.165, 1.54) is 11.9 Å². The lowest BCUT2D eigenvalue weighted by Gasteiger charge is -2.18. The van der Waals surface area contributed by atoms with E-state index in [1.54, 1.807) is 24.3 Å². The molecule has 2 heterocycles. The van der Waals surface area contributed by atoms with Crippen LogP contribution in [0.5, 0.6) is 0 Å². The molecule has 0 atom stereocenters. The summed E-state index contributed by atoms with van der Waals surface area (Å²) in [5.41, 5.74) is 8.61. The number of hydrogen-bond donors (Lipinski definition) is 2. The number of aromatic nitrogens is 2. The number of rotatable bonds is 4. The zero-order valence-corrected chi connectivity index (χ0v) is 16.5. The fourth-order valence-electron chi connectivity index (χ4n) is 3.40. The van der Waals surface area contributed by atoms with Gasteiger partial charge in [0.1, 0.15) is 11.5 Å². The molecule has 0 aliphatic carbocycles. The van der Waals surface area contributed by atoms with Crippen LogP contribution in [0.25, 0.3) is 11.4 Å². The Labute approximate surface area is 172 Å². The first kappa shape index (κ1) is 19.3. The Bertz CT molecular complexity index is 1190. The number of carbonyl (C=O) groups excluding carboxylic acids is 3. The Hall–Kier alpha value is -4.07. The minimum absolute atomic E-state index is 0.0221. The van der Waals surface area contributed by atoms with Gasteiger partial charge < -0.3 is 11.1 Å². The Balaban J connectivity index is 1.89. The molecule has 30 heavy (non-hydrogen) atoms. The molecule has 0 bridgehead atoms. The first-order valence-electron chi connectivity index (χ1n) is 9.32. The number of benzene rings is 2. The van der Waals surface area contributed by atoms with Crippen molar-refractivity contribution in [2.24, 2.45) is 5.73 Å². The molecule has 0 spiro atoms. The van der Waals surface area contributed by atoms with Gasteiger partial charge in [-0.2, -0.15) is 0 Å². The third-order valence-corrected chi connectivity index (χ3v) is 4.91. The van der Waals surface area contributed by atoms with Crippen molar-refractivity contribution in [1.82, 2.24) is 15.3 Å². The Kier molecular flexibility index (Phi) is 4.75. The van der Waals surface area contributed by atoms with Crippen LogP contribution in [-0.4, -0.2) is 34.7 Å². The van der Waals surface area contributed by atoms with E-state index in [0.717, 1.165) is 5.56 Å². The molecule has 0 saturated carbocycles. The van der Waals surface area contributed by atoms with Crippen molar-refractivity contribution in [2.75, 3.05) is 11.9 Å². The highest BCUT2D eigenvalue weighted by molar-refractivity contribution is 6.10. The van der Waals surface area contributed by atoms with E-state index in [9.17, 15) is 14.4 Å². The lowest BCUT2D eigenvalue weighted by molar-refractivity contribution is -0.116. The smallest absolute Gasteiger partial charge is 0.267 e. The number of fused-ring (bicyclic) bond motifs is 1. The van der Waals surface area contributed by atoms with Gasteiger partial charge in [-0.05, 0) is 25.1 Å². The van der Waals surface area contributed by atoms with Crippen molar-refractivity contribution in [3.63, 3.8) is 0 Å². The highest BCUT2D eigenvalue weighted by Gasteiger charge is 2.35. The van der Waals surface area contributed by atoms with Crippen molar-refractivity contribution < 1.29 is 14.4 Å². The average Bonchev–Trinajstić information content (AvgIpc) is 3.08. The van der Waals surface area contributed by atoms with Gasteiger partial charge >= 0.3 is 0 Å². The molecule has 3 amide bonds. The van der Waals surface area contributed by atoms with Crippen LogP contribution in [0, 0.1) is 6.92 Å². The van der Waals surface area contributed by atoms with Gasteiger partial charge in [0.15, 0.2) is 5.82 Å². The summed E-state index contributed by atoms with van der Waals surface area (Å²) in [5.74, 6) is -0.685. The van der Waals surface area contributed by atoms with Gasteiger partial charge in [-0.3, -0.25) is 19.3 Å². The quantitative estimate of drug-likeness (QED) is 0.694. The molecule has 8 heteroatoms. The van der Waals surface area contributed by atoms with Crippen molar-refractivity contribution >= 4 is 29.2 Å². The maximum atomic E-state index is 12.9. The van der Waals surface area contributed by atoms with Gasteiger partial charge in [-0.25, -0.2) is 9.97 Å². The molecule has 0 fully saturated rings. The number of nitrogens with one attached hydrogen (secondary N) is 1. The van der Waals surface area contributed by atoms with Crippen LogP contribution in [0.1, 0.15) is 32.0 Å². The minimum atomic E-state index is -0.726. The van der Waals surface area contributed by atoms with Crippen molar-refractivity contribution in [1.29, 1.82) is 0 Å². The number of primary amides is 1. The van der Waals surface area contributed by atoms with Gasteiger partial charge in [0, 0.05) is 23.7 Å². The number of carbonyl (C=O) groups is 3. The molecule has 0 unspecified atom stereocenters. The summed E-state index contributed by atoms with van der Waals surface area (Å²) in [4.78, 5) is 47.3. The third kappa shape index (κ3) is 3.28. The molecule has 0 saturated heterocycles. The van der Waals surface area contributed by atoms with Crippen LogP contribution in [0.15, 0.2) is 48.5 Å². The van der Waals surface area contributed by atoms with E-state index >= 15 is 0 Å². The maximum Gasteiger partial charge on any atom is 0.267 e. The Morgan fingerprint density at radius 3 is 2.50 bits per heavy atom. The van der Waals surface area contributed by atoms with E-state index in [0.29, 0.717) is 34.0 Å². The van der Waals surface area contributed by atoms with Crippen molar-refractivity contribution in [3.05, 3.63) is 70.9 Å². The number of anilines is 2. The van der Waals surface area contributed by atoms with Gasteiger partial charge in [0.2, 0.25) is 5.91 Å². The van der Waals surface area contributed by atoms with E-state index in [-0.39, 0.29) is 23.9 Å². The summed E-state index contributed by atoms with van der Waals surface area (Å²) in [7, 11) is 1.53. The largest absolute Gasteiger partial charge is 0.364 e. The normalized spacial score (nSPS) is 12.6. The van der Waals surface area contributed by atoms with E-state index < -0.39 is 5.91 Å². The summed E-state index contributed by atoms with van der Waals surface area (Å²) < 4.78 is 0. The molecule has 0 radical (unpaired) electrons. The molecule has 1 aliphatic heterocycles. The Morgan fingerprint density at radius 1 is 1.10 bits per heavy atom. The summed E-state index contributed by atoms with van der Waals surface area (Å²) in [6.45, 7) is 1.96. The standard InChI is InChI=1S/C22H19N5O3/c1-12-6-8-13(9-7-12)20-25-18(19(23)29)16-11-17(28)27(21(16)26-20)15-5-3-4-14(10-15)22(30)24-2/h3-10H,11H2,1-2H3,(H2,23,29)(H,24,30). The number of hydrogen-bond acceptors (Lipinski definition) is 5. The predicted molar refractivity (Wildman–Crippen MR) is 111 cm³/mol. The topological polar surface area (TPSA) is 118 Å². The van der Waals surface area contributed by atoms with Gasteiger partial charge in [0.05, 0.1) is 12.1 Å². The Morgan fingerprint density at radius 2 is 1.83 bits per heavy atom. The zero-order chi connectivity index (χ0) is 21.4. The first-order valence-corrected chi connectivity index (χ1v) is 9.32. The fourth-order valence-corrected chi connectivity index (χ4v) is 3.40. The second-order valence-corrected chi connectivity index (χ2v) is 6.96. The maximum absolute atomic E-state index is 12.9. The second-order valence-electron chi connectivity index (χ2n) is 6.96. The number of nitrogens with two attached hydrogens (primary N) is 1. The molecule has 4 rings (SSSR count). The van der Waals surface area contributed by atoms with Gasteiger partial charge in [0.25, 0.3) is 11.8 Å². The summed E-state index contributed by atoms with van der Waals surface area (Å²) in [5, 5.41) is 2.56. The van der Waals surface area contributed by atoms with Gasteiger partial charge in [-0.1, -0.05) is 35.9 Å². The van der Waals surface area contributed by atoms with E-state index in [1.807, 2.05) is 31.2 Å². The summed E-state index contributed by atoms with van der Waals surface area (Å²) >= 11 is 0. The highest BCUT2D eigenvalue weighted by Crippen LogP contribution is 2.37. The van der Waals surface area contributed by atoms with Crippen LogP contribution < -0.4 is 16.0 Å². The lowest BCUT2D eigenvalue weighted by Crippen LogP contribution is -2.23. The van der Waals surface area contributed by atoms with Crippen LogP contribution in [0.2, 0.25) is 0 Å². The molecule has 1 aliphatic rings. The van der Waals surface area contributed by atoms with Crippen molar-refractivity contribution in [2.45, 2.75) is 13.3 Å². The third-order valence-electron chi connectivity index (χ3n) is 4.91. The monoisotopic (exact) mass is 401 g/mol. The molecule has 3 N–H and O–H groups in total.